The number of hydrogen-bond donors (Lipinski definition) is 0. The highest BCUT2D eigenvalue weighted by Crippen LogP contribution is 2.32. The van der Waals surface area contributed by atoms with E-state index in [2.05, 4.69) is 18.9 Å². The van der Waals surface area contributed by atoms with Crippen LogP contribution < -0.4 is 0 Å². The van der Waals surface area contributed by atoms with Crippen LogP contribution in [0.2, 0.25) is 0 Å². The van der Waals surface area contributed by atoms with Gasteiger partial charge in [0.1, 0.15) is 0 Å². The molecule has 1 aromatic carbocycles. The Labute approximate surface area is 178 Å². The molecule has 1 aliphatic carbocycles. The minimum Gasteiger partial charge on any atom is -0.378 e. The lowest BCUT2D eigenvalue weighted by Crippen LogP contribution is -2.40. The van der Waals surface area contributed by atoms with E-state index < -0.39 is 21.8 Å². The van der Waals surface area contributed by atoms with Gasteiger partial charge in [0, 0.05) is 26.2 Å². The van der Waals surface area contributed by atoms with Crippen LogP contribution in [0.1, 0.15) is 51.0 Å². The van der Waals surface area contributed by atoms with Crippen molar-refractivity contribution in [2.75, 3.05) is 33.8 Å². The number of benzene rings is 1. The highest BCUT2D eigenvalue weighted by molar-refractivity contribution is 7.89. The summed E-state index contributed by atoms with van der Waals surface area (Å²) in [5.74, 6) is 0. The van der Waals surface area contributed by atoms with Crippen LogP contribution in [0.5, 0.6) is 0 Å². The van der Waals surface area contributed by atoms with Crippen molar-refractivity contribution in [3.63, 3.8) is 0 Å². The molecule has 1 saturated carbocycles. The van der Waals surface area contributed by atoms with Gasteiger partial charge in [-0.25, -0.2) is 8.42 Å². The van der Waals surface area contributed by atoms with Crippen molar-refractivity contribution in [3.05, 3.63) is 29.8 Å². The first-order valence-electron chi connectivity index (χ1n) is 10.5. The second-order valence-corrected chi connectivity index (χ2v) is 10.00. The minimum atomic E-state index is -4.49. The van der Waals surface area contributed by atoms with Crippen LogP contribution in [0.15, 0.2) is 29.2 Å². The molecular formula is C21H33F3N2O3S. The molecule has 1 aliphatic rings. The Hall–Kier alpha value is -1.16. The van der Waals surface area contributed by atoms with Gasteiger partial charge < -0.3 is 9.64 Å². The fourth-order valence-electron chi connectivity index (χ4n) is 3.83. The highest BCUT2D eigenvalue weighted by atomic mass is 32.2. The molecule has 30 heavy (non-hydrogen) atoms. The molecule has 0 aromatic heterocycles. The molecular weight excluding hydrogens is 417 g/mol. The predicted octanol–water partition coefficient (Wildman–Crippen LogP) is 4.39. The summed E-state index contributed by atoms with van der Waals surface area (Å²) in [4.78, 5) is 2.16. The number of halogens is 3. The van der Waals surface area contributed by atoms with Gasteiger partial charge in [-0.15, -0.1) is 0 Å². The largest absolute Gasteiger partial charge is 0.416 e. The zero-order chi connectivity index (χ0) is 22.4. The van der Waals surface area contributed by atoms with Crippen molar-refractivity contribution in [3.8, 4) is 0 Å². The standard InChI is InChI=1S/C21H33F3N2O3S/c1-4-14-25(2)15-5-16-29-19-10-8-18(9-11-19)26(3)30(27,28)20-12-6-17(7-13-20)21(22,23)24/h6-7,12-13,18-19H,4-5,8-11,14-16H2,1-3H3. The van der Waals surface area contributed by atoms with Gasteiger partial charge in [-0.2, -0.15) is 17.5 Å². The van der Waals surface area contributed by atoms with Crippen LogP contribution in [0.4, 0.5) is 13.2 Å². The number of nitrogens with zero attached hydrogens (tertiary/aromatic N) is 2. The van der Waals surface area contributed by atoms with Gasteiger partial charge in [0.25, 0.3) is 0 Å². The molecule has 0 radical (unpaired) electrons. The molecule has 172 valence electrons. The smallest absolute Gasteiger partial charge is 0.378 e. The molecule has 0 atom stereocenters. The summed E-state index contributed by atoms with van der Waals surface area (Å²) in [6, 6.07) is 3.50. The Kier molecular flexibility index (Phi) is 9.14. The fourth-order valence-corrected chi connectivity index (χ4v) is 5.25. The van der Waals surface area contributed by atoms with E-state index in [9.17, 15) is 21.6 Å². The molecule has 1 aromatic rings. The summed E-state index contributed by atoms with van der Waals surface area (Å²) in [5.41, 5.74) is -0.859. The quantitative estimate of drug-likeness (QED) is 0.496. The Morgan fingerprint density at radius 2 is 1.63 bits per heavy atom. The lowest BCUT2D eigenvalue weighted by Gasteiger charge is -2.34. The topological polar surface area (TPSA) is 49.9 Å². The lowest BCUT2D eigenvalue weighted by molar-refractivity contribution is -0.137. The van der Waals surface area contributed by atoms with Crippen molar-refractivity contribution in [1.82, 2.24) is 9.21 Å². The normalized spacial score (nSPS) is 20.8. The molecule has 1 fully saturated rings. The van der Waals surface area contributed by atoms with Crippen molar-refractivity contribution < 1.29 is 26.3 Å². The summed E-state index contributed by atoms with van der Waals surface area (Å²) in [6.45, 7) is 4.92. The van der Waals surface area contributed by atoms with Crippen LogP contribution in [-0.4, -0.2) is 63.6 Å². The second kappa shape index (κ2) is 10.9. The third-order valence-corrected chi connectivity index (χ3v) is 7.58. The first-order valence-corrected chi connectivity index (χ1v) is 11.9. The van der Waals surface area contributed by atoms with Crippen LogP contribution in [0.25, 0.3) is 0 Å². The number of rotatable bonds is 10. The number of hydrogen-bond acceptors (Lipinski definition) is 4. The van der Waals surface area contributed by atoms with Crippen molar-refractivity contribution in [2.45, 2.75) is 68.7 Å². The van der Waals surface area contributed by atoms with Crippen LogP contribution >= 0.6 is 0 Å². The van der Waals surface area contributed by atoms with E-state index in [1.165, 1.54) is 11.4 Å². The summed E-state index contributed by atoms with van der Waals surface area (Å²) in [6.07, 6.45) is 0.666. The molecule has 0 saturated heterocycles. The Balaban J connectivity index is 1.83. The first-order chi connectivity index (χ1) is 14.1. The van der Waals surface area contributed by atoms with E-state index in [1.54, 1.807) is 0 Å². The van der Waals surface area contributed by atoms with Crippen LogP contribution in [-0.2, 0) is 20.9 Å². The molecule has 2 rings (SSSR count). The van der Waals surface area contributed by atoms with Crippen molar-refractivity contribution in [2.24, 2.45) is 0 Å². The Morgan fingerprint density at radius 3 is 2.17 bits per heavy atom. The summed E-state index contributed by atoms with van der Waals surface area (Å²) < 4.78 is 71.0. The SMILES string of the molecule is CCCN(C)CCCOC1CCC(N(C)S(=O)(=O)c2ccc(C(F)(F)F)cc2)CC1. The van der Waals surface area contributed by atoms with Gasteiger partial charge in [-0.3, -0.25) is 0 Å². The zero-order valence-electron chi connectivity index (χ0n) is 18.0. The zero-order valence-corrected chi connectivity index (χ0v) is 18.8. The molecule has 0 spiro atoms. The van der Waals surface area contributed by atoms with Gasteiger partial charge in [0.2, 0.25) is 10.0 Å². The van der Waals surface area contributed by atoms with E-state index in [-0.39, 0.29) is 17.0 Å². The summed E-state index contributed by atoms with van der Waals surface area (Å²) in [7, 11) is -0.233. The average Bonchev–Trinajstić information content (AvgIpc) is 2.71. The summed E-state index contributed by atoms with van der Waals surface area (Å²) >= 11 is 0. The monoisotopic (exact) mass is 450 g/mol. The molecule has 9 heteroatoms. The molecule has 5 nitrogen and oxygen atoms in total. The van der Waals surface area contributed by atoms with Crippen LogP contribution in [0, 0.1) is 0 Å². The fraction of sp³-hybridized carbons (Fsp3) is 0.714. The first kappa shape index (κ1) is 25.1. The van der Waals surface area contributed by atoms with E-state index >= 15 is 0 Å². The van der Waals surface area contributed by atoms with E-state index in [1.807, 2.05) is 0 Å². The van der Waals surface area contributed by atoms with Gasteiger partial charge in [-0.1, -0.05) is 6.92 Å². The molecule has 0 aliphatic heterocycles. The predicted molar refractivity (Wildman–Crippen MR) is 111 cm³/mol. The number of alkyl halides is 3. The number of sulfonamides is 1. The Bertz CT molecular complexity index is 746. The number of ether oxygens (including phenoxy) is 1. The maximum atomic E-state index is 12.8. The van der Waals surface area contributed by atoms with Crippen molar-refractivity contribution in [1.29, 1.82) is 0 Å². The molecule has 0 unspecified atom stereocenters. The highest BCUT2D eigenvalue weighted by Gasteiger charge is 2.34. The van der Waals surface area contributed by atoms with Crippen molar-refractivity contribution >= 4 is 10.0 Å². The molecule has 0 amide bonds. The van der Waals surface area contributed by atoms with E-state index in [0.717, 1.165) is 63.0 Å². The Morgan fingerprint density at radius 1 is 1.03 bits per heavy atom. The molecule has 0 heterocycles. The van der Waals surface area contributed by atoms with E-state index in [4.69, 9.17) is 4.74 Å². The molecule has 0 bridgehead atoms. The van der Waals surface area contributed by atoms with Crippen LogP contribution in [0.3, 0.4) is 0 Å². The second-order valence-electron chi connectivity index (χ2n) is 8.00. The average molecular weight is 451 g/mol. The minimum absolute atomic E-state index is 0.118. The van der Waals surface area contributed by atoms with Gasteiger partial charge in [0.15, 0.2) is 0 Å². The maximum absolute atomic E-state index is 12.8. The third-order valence-electron chi connectivity index (χ3n) is 5.66. The van der Waals surface area contributed by atoms with Gasteiger partial charge in [0.05, 0.1) is 16.6 Å². The maximum Gasteiger partial charge on any atom is 0.416 e. The third kappa shape index (κ3) is 6.93. The van der Waals surface area contributed by atoms with Gasteiger partial charge in [-0.05, 0) is 76.4 Å². The summed E-state index contributed by atoms with van der Waals surface area (Å²) in [5, 5.41) is 0. The molecule has 0 N–H and O–H groups in total. The van der Waals surface area contributed by atoms with E-state index in [0.29, 0.717) is 19.4 Å². The van der Waals surface area contributed by atoms with Gasteiger partial charge >= 0.3 is 6.18 Å². The lowest BCUT2D eigenvalue weighted by atomic mass is 9.93.